The van der Waals surface area contributed by atoms with Gasteiger partial charge in [0.05, 0.1) is 6.20 Å². The molecule has 0 spiro atoms. The molecule has 1 aromatic heterocycles. The third-order valence-electron chi connectivity index (χ3n) is 3.79. The van der Waals surface area contributed by atoms with Crippen molar-refractivity contribution in [1.29, 1.82) is 0 Å². The molecule has 1 aliphatic carbocycles. The standard InChI is InChI=1S/C14H26N4/c1-2-8-18-11-12(10-16-18)14(9-15)17-13-6-4-3-5-7-13/h10-11,13-14,17H,2-9,15H2,1H3. The Hall–Kier alpha value is -0.870. The van der Waals surface area contributed by atoms with E-state index in [0.29, 0.717) is 12.6 Å². The first-order chi connectivity index (χ1) is 8.83. The van der Waals surface area contributed by atoms with Crippen LogP contribution in [0.5, 0.6) is 0 Å². The first kappa shape index (κ1) is 13.6. The van der Waals surface area contributed by atoms with Gasteiger partial charge in [-0.3, -0.25) is 4.68 Å². The van der Waals surface area contributed by atoms with Gasteiger partial charge in [-0.05, 0) is 19.3 Å². The highest BCUT2D eigenvalue weighted by molar-refractivity contribution is 5.11. The minimum Gasteiger partial charge on any atom is -0.329 e. The highest BCUT2D eigenvalue weighted by Crippen LogP contribution is 2.21. The Bertz CT molecular complexity index is 341. The van der Waals surface area contributed by atoms with E-state index in [1.807, 2.05) is 10.9 Å². The monoisotopic (exact) mass is 250 g/mol. The number of aromatic nitrogens is 2. The topological polar surface area (TPSA) is 55.9 Å². The molecule has 0 aliphatic heterocycles. The van der Waals surface area contributed by atoms with E-state index in [0.717, 1.165) is 13.0 Å². The zero-order valence-corrected chi connectivity index (χ0v) is 11.4. The number of rotatable bonds is 6. The van der Waals surface area contributed by atoms with Crippen molar-refractivity contribution in [1.82, 2.24) is 15.1 Å². The van der Waals surface area contributed by atoms with Gasteiger partial charge in [0.15, 0.2) is 0 Å². The summed E-state index contributed by atoms with van der Waals surface area (Å²) in [7, 11) is 0. The van der Waals surface area contributed by atoms with Crippen molar-refractivity contribution in [2.24, 2.45) is 5.73 Å². The lowest BCUT2D eigenvalue weighted by Gasteiger charge is -2.27. The van der Waals surface area contributed by atoms with Crippen LogP contribution in [0.2, 0.25) is 0 Å². The van der Waals surface area contributed by atoms with Gasteiger partial charge in [-0.25, -0.2) is 0 Å². The van der Waals surface area contributed by atoms with Gasteiger partial charge < -0.3 is 11.1 Å². The minimum atomic E-state index is 0.263. The fraction of sp³-hybridized carbons (Fsp3) is 0.786. The third kappa shape index (κ3) is 3.56. The van der Waals surface area contributed by atoms with Crippen LogP contribution in [0, 0.1) is 0 Å². The summed E-state index contributed by atoms with van der Waals surface area (Å²) in [5, 5.41) is 8.09. The maximum atomic E-state index is 5.91. The van der Waals surface area contributed by atoms with Crippen molar-refractivity contribution >= 4 is 0 Å². The van der Waals surface area contributed by atoms with Gasteiger partial charge in [0.25, 0.3) is 0 Å². The van der Waals surface area contributed by atoms with Crippen molar-refractivity contribution in [3.05, 3.63) is 18.0 Å². The van der Waals surface area contributed by atoms with Crippen LogP contribution < -0.4 is 11.1 Å². The van der Waals surface area contributed by atoms with Gasteiger partial charge in [-0.1, -0.05) is 26.2 Å². The van der Waals surface area contributed by atoms with Crippen LogP contribution in [0.3, 0.4) is 0 Å². The highest BCUT2D eigenvalue weighted by atomic mass is 15.3. The van der Waals surface area contributed by atoms with Crippen molar-refractivity contribution in [3.63, 3.8) is 0 Å². The van der Waals surface area contributed by atoms with Crippen LogP contribution in [0.1, 0.15) is 57.1 Å². The Morgan fingerprint density at radius 3 is 2.89 bits per heavy atom. The van der Waals surface area contributed by atoms with Crippen molar-refractivity contribution in [2.75, 3.05) is 6.54 Å². The Morgan fingerprint density at radius 2 is 2.22 bits per heavy atom. The van der Waals surface area contributed by atoms with E-state index in [4.69, 9.17) is 5.73 Å². The van der Waals surface area contributed by atoms with Crippen LogP contribution in [-0.4, -0.2) is 22.4 Å². The van der Waals surface area contributed by atoms with Gasteiger partial charge in [0.2, 0.25) is 0 Å². The first-order valence-electron chi connectivity index (χ1n) is 7.32. The molecular weight excluding hydrogens is 224 g/mol. The third-order valence-corrected chi connectivity index (χ3v) is 3.79. The molecule has 0 amide bonds. The molecule has 1 aromatic rings. The Morgan fingerprint density at radius 1 is 1.44 bits per heavy atom. The largest absolute Gasteiger partial charge is 0.329 e. The molecule has 3 N–H and O–H groups in total. The summed E-state index contributed by atoms with van der Waals surface area (Å²) < 4.78 is 2.01. The van der Waals surface area contributed by atoms with Gasteiger partial charge in [0, 0.05) is 36.9 Å². The molecule has 0 saturated heterocycles. The molecule has 0 aromatic carbocycles. The predicted octanol–water partition coefficient (Wildman–Crippen LogP) is 2.22. The number of nitrogens with two attached hydrogens (primary N) is 1. The molecular formula is C14H26N4. The number of hydrogen-bond acceptors (Lipinski definition) is 3. The number of hydrogen-bond donors (Lipinski definition) is 2. The fourth-order valence-electron chi connectivity index (χ4n) is 2.77. The molecule has 1 unspecified atom stereocenters. The summed E-state index contributed by atoms with van der Waals surface area (Å²) >= 11 is 0. The molecule has 18 heavy (non-hydrogen) atoms. The van der Waals surface area contributed by atoms with E-state index in [2.05, 4.69) is 23.5 Å². The van der Waals surface area contributed by atoms with Crippen molar-refractivity contribution < 1.29 is 0 Å². The molecule has 1 aliphatic rings. The Labute approximate surface area is 110 Å². The maximum absolute atomic E-state index is 5.91. The van der Waals surface area contributed by atoms with Gasteiger partial charge in [0.1, 0.15) is 0 Å². The van der Waals surface area contributed by atoms with Crippen LogP contribution in [-0.2, 0) is 6.54 Å². The fourth-order valence-corrected chi connectivity index (χ4v) is 2.77. The van der Waals surface area contributed by atoms with Crippen LogP contribution in [0.15, 0.2) is 12.4 Å². The Kier molecular flexibility index (Phi) is 5.20. The smallest absolute Gasteiger partial charge is 0.0538 e. The lowest BCUT2D eigenvalue weighted by atomic mass is 9.94. The summed E-state index contributed by atoms with van der Waals surface area (Å²) in [6.07, 6.45) is 11.9. The average Bonchev–Trinajstić information content (AvgIpc) is 2.86. The normalized spacial score (nSPS) is 19.0. The van der Waals surface area contributed by atoms with Gasteiger partial charge >= 0.3 is 0 Å². The molecule has 2 rings (SSSR count). The quantitative estimate of drug-likeness (QED) is 0.814. The molecule has 4 nitrogen and oxygen atoms in total. The van der Waals surface area contributed by atoms with Crippen molar-refractivity contribution in [3.8, 4) is 0 Å². The van der Waals surface area contributed by atoms with E-state index in [1.54, 1.807) is 0 Å². The predicted molar refractivity (Wildman–Crippen MR) is 74.3 cm³/mol. The second-order valence-corrected chi connectivity index (χ2v) is 5.33. The van der Waals surface area contributed by atoms with E-state index in [-0.39, 0.29) is 6.04 Å². The maximum Gasteiger partial charge on any atom is 0.0538 e. The van der Waals surface area contributed by atoms with E-state index in [1.165, 1.54) is 37.7 Å². The number of nitrogens with zero attached hydrogens (tertiary/aromatic N) is 2. The summed E-state index contributed by atoms with van der Waals surface area (Å²) in [5.74, 6) is 0. The minimum absolute atomic E-state index is 0.263. The van der Waals surface area contributed by atoms with Crippen LogP contribution in [0.25, 0.3) is 0 Å². The highest BCUT2D eigenvalue weighted by Gasteiger charge is 2.19. The van der Waals surface area contributed by atoms with E-state index in [9.17, 15) is 0 Å². The zero-order valence-electron chi connectivity index (χ0n) is 11.4. The number of aryl methyl sites for hydroxylation is 1. The summed E-state index contributed by atoms with van der Waals surface area (Å²) in [5.41, 5.74) is 7.14. The van der Waals surface area contributed by atoms with Crippen LogP contribution >= 0.6 is 0 Å². The molecule has 1 saturated carbocycles. The average molecular weight is 250 g/mol. The molecule has 1 atom stereocenters. The van der Waals surface area contributed by atoms with Gasteiger partial charge in [-0.2, -0.15) is 5.10 Å². The second-order valence-electron chi connectivity index (χ2n) is 5.33. The van der Waals surface area contributed by atoms with E-state index < -0.39 is 0 Å². The molecule has 102 valence electrons. The molecule has 0 radical (unpaired) electrons. The zero-order chi connectivity index (χ0) is 12.8. The summed E-state index contributed by atoms with van der Waals surface area (Å²) in [4.78, 5) is 0. The lowest BCUT2D eigenvalue weighted by Crippen LogP contribution is -2.37. The lowest BCUT2D eigenvalue weighted by molar-refractivity contribution is 0.340. The summed E-state index contributed by atoms with van der Waals surface area (Å²) in [6, 6.07) is 0.903. The second kappa shape index (κ2) is 6.90. The first-order valence-corrected chi connectivity index (χ1v) is 7.32. The van der Waals surface area contributed by atoms with Crippen LogP contribution in [0.4, 0.5) is 0 Å². The molecule has 1 heterocycles. The van der Waals surface area contributed by atoms with Gasteiger partial charge in [-0.15, -0.1) is 0 Å². The summed E-state index contributed by atoms with van der Waals surface area (Å²) in [6.45, 7) is 3.80. The van der Waals surface area contributed by atoms with Crippen molar-refractivity contribution in [2.45, 2.75) is 64.1 Å². The SMILES string of the molecule is CCCn1cc(C(CN)NC2CCCCC2)cn1. The number of nitrogens with one attached hydrogen (secondary N) is 1. The molecule has 1 fully saturated rings. The molecule has 4 heteroatoms. The van der Waals surface area contributed by atoms with E-state index >= 15 is 0 Å². The molecule has 0 bridgehead atoms. The Balaban J connectivity index is 1.93.